The van der Waals surface area contributed by atoms with E-state index in [1.54, 1.807) is 24.3 Å². The van der Waals surface area contributed by atoms with E-state index in [-0.39, 0.29) is 30.6 Å². The quantitative estimate of drug-likeness (QED) is 0.0587. The Morgan fingerprint density at radius 1 is 0.788 bits per heavy atom. The molecular formula is C43H48O9. The molecule has 274 valence electrons. The Balaban J connectivity index is 1.03. The first-order valence-electron chi connectivity index (χ1n) is 18.3. The minimum Gasteiger partial charge on any atom is -0.494 e. The van der Waals surface area contributed by atoms with Gasteiger partial charge in [0, 0.05) is 17.6 Å². The first-order chi connectivity index (χ1) is 25.2. The van der Waals surface area contributed by atoms with Crippen molar-refractivity contribution in [3.05, 3.63) is 102 Å². The zero-order valence-electron chi connectivity index (χ0n) is 30.2. The minimum absolute atomic E-state index is 0.0435. The third-order valence-electron chi connectivity index (χ3n) is 9.58. The summed E-state index contributed by atoms with van der Waals surface area (Å²) in [6, 6.07) is 16.7. The van der Waals surface area contributed by atoms with Crippen molar-refractivity contribution in [3.8, 4) is 28.4 Å². The van der Waals surface area contributed by atoms with Crippen LogP contribution in [0.1, 0.15) is 111 Å². The Morgan fingerprint density at radius 3 is 2.12 bits per heavy atom. The Bertz CT molecular complexity index is 1800. The molecule has 0 heterocycles. The average Bonchev–Trinajstić information content (AvgIpc) is 3.42. The van der Waals surface area contributed by atoms with Gasteiger partial charge in [-0.1, -0.05) is 45.6 Å². The van der Waals surface area contributed by atoms with Crippen molar-refractivity contribution in [2.75, 3.05) is 13.2 Å². The third-order valence-corrected chi connectivity index (χ3v) is 9.58. The van der Waals surface area contributed by atoms with Crippen LogP contribution >= 0.6 is 0 Å². The molecule has 0 bridgehead atoms. The lowest BCUT2D eigenvalue weighted by Gasteiger charge is -2.21. The van der Waals surface area contributed by atoms with E-state index in [0.717, 1.165) is 85.4 Å². The molecular weight excluding hydrogens is 660 g/mol. The summed E-state index contributed by atoms with van der Waals surface area (Å²) in [6.07, 6.45) is 9.94. The second-order valence-electron chi connectivity index (χ2n) is 13.3. The van der Waals surface area contributed by atoms with Crippen LogP contribution in [0.4, 0.5) is 0 Å². The molecule has 0 spiro atoms. The Labute approximate surface area is 305 Å². The monoisotopic (exact) mass is 708 g/mol. The highest BCUT2D eigenvalue weighted by Gasteiger charge is 2.27. The lowest BCUT2D eigenvalue weighted by molar-refractivity contribution is -0.151. The highest BCUT2D eigenvalue weighted by Crippen LogP contribution is 2.47. The van der Waals surface area contributed by atoms with Gasteiger partial charge in [-0.2, -0.15) is 0 Å². The van der Waals surface area contributed by atoms with Gasteiger partial charge in [-0.05, 0) is 128 Å². The zero-order valence-corrected chi connectivity index (χ0v) is 30.2. The van der Waals surface area contributed by atoms with Crippen molar-refractivity contribution in [3.63, 3.8) is 0 Å². The van der Waals surface area contributed by atoms with Gasteiger partial charge in [0.1, 0.15) is 23.4 Å². The number of benzene rings is 3. The maximum absolute atomic E-state index is 13.2. The maximum Gasteiger partial charge on any atom is 0.343 e. The molecule has 0 radical (unpaired) electrons. The molecule has 2 aliphatic carbocycles. The molecule has 0 N–H and O–H groups in total. The molecule has 52 heavy (non-hydrogen) atoms. The molecule has 0 saturated heterocycles. The third kappa shape index (κ3) is 9.99. The van der Waals surface area contributed by atoms with E-state index in [1.165, 1.54) is 6.42 Å². The number of aryl methyl sites for hydroxylation is 1. The summed E-state index contributed by atoms with van der Waals surface area (Å²) in [7, 11) is 0. The van der Waals surface area contributed by atoms with Crippen LogP contribution in [-0.2, 0) is 30.3 Å². The van der Waals surface area contributed by atoms with Crippen LogP contribution in [0.15, 0.2) is 79.4 Å². The van der Waals surface area contributed by atoms with Crippen LogP contribution in [0.2, 0.25) is 0 Å². The van der Waals surface area contributed by atoms with Crippen LogP contribution in [0.25, 0.3) is 11.1 Å². The summed E-state index contributed by atoms with van der Waals surface area (Å²) in [5.41, 5.74) is 5.70. The number of rotatable bonds is 17. The molecule has 1 saturated carbocycles. The van der Waals surface area contributed by atoms with Gasteiger partial charge in [0.2, 0.25) is 0 Å². The van der Waals surface area contributed by atoms with Crippen molar-refractivity contribution in [1.29, 1.82) is 0 Å². The lowest BCUT2D eigenvalue weighted by atomic mass is 9.98. The van der Waals surface area contributed by atoms with Gasteiger partial charge in [0.25, 0.3) is 0 Å². The molecule has 9 heteroatoms. The van der Waals surface area contributed by atoms with Crippen molar-refractivity contribution in [2.45, 2.75) is 96.5 Å². The number of carbonyl (C=O) groups is 4. The van der Waals surface area contributed by atoms with E-state index in [9.17, 15) is 19.2 Å². The molecule has 3 aromatic carbocycles. The Morgan fingerprint density at radius 2 is 1.42 bits per heavy atom. The Hall–Kier alpha value is -5.18. The normalized spacial score (nSPS) is 14.8. The van der Waals surface area contributed by atoms with Gasteiger partial charge in [0.05, 0.1) is 25.2 Å². The van der Waals surface area contributed by atoms with E-state index >= 15 is 0 Å². The number of unbranched alkanes of at least 4 members (excludes halogenated alkanes) is 3. The first kappa shape index (κ1) is 38.1. The minimum atomic E-state index is -0.566. The molecule has 0 aromatic heterocycles. The summed E-state index contributed by atoms with van der Waals surface area (Å²) in [6.45, 7) is 12.0. The standard InChI is InChI=1S/C43H48O9/c1-5-30-25-33(51-40(44)6-2)17-19-35(30)43(47)52-34-18-21-37-36-20-16-32(26-38(36)29(4)39(37)27-34)48-22-12-7-8-13-23-49-42(46)28(3)24-41(45)50-31-14-10-9-11-15-31/h6,16-21,25-27,29,31H,2-3,5,7-15,22-24H2,1,4H3. The van der Waals surface area contributed by atoms with Crippen LogP contribution in [0.3, 0.4) is 0 Å². The molecule has 1 atom stereocenters. The Kier molecular flexibility index (Phi) is 13.4. The van der Waals surface area contributed by atoms with E-state index in [0.29, 0.717) is 35.7 Å². The fourth-order valence-corrected chi connectivity index (χ4v) is 6.73. The molecule has 9 nitrogen and oxygen atoms in total. The maximum atomic E-state index is 13.2. The number of carbonyl (C=O) groups excluding carboxylic acids is 4. The van der Waals surface area contributed by atoms with Gasteiger partial charge < -0.3 is 23.7 Å². The summed E-state index contributed by atoms with van der Waals surface area (Å²) in [4.78, 5) is 49.1. The molecule has 1 unspecified atom stereocenters. The van der Waals surface area contributed by atoms with Gasteiger partial charge in [-0.15, -0.1) is 0 Å². The van der Waals surface area contributed by atoms with Crippen molar-refractivity contribution < 1.29 is 42.9 Å². The first-order valence-corrected chi connectivity index (χ1v) is 18.3. The topological polar surface area (TPSA) is 114 Å². The van der Waals surface area contributed by atoms with Crippen molar-refractivity contribution in [2.24, 2.45) is 0 Å². The van der Waals surface area contributed by atoms with Gasteiger partial charge in [-0.3, -0.25) is 4.79 Å². The van der Waals surface area contributed by atoms with Gasteiger partial charge >= 0.3 is 23.9 Å². The van der Waals surface area contributed by atoms with Crippen LogP contribution in [0.5, 0.6) is 17.2 Å². The number of hydrogen-bond donors (Lipinski definition) is 0. The van der Waals surface area contributed by atoms with Crippen LogP contribution in [-0.4, -0.2) is 43.2 Å². The van der Waals surface area contributed by atoms with Crippen molar-refractivity contribution >= 4 is 23.9 Å². The molecule has 2 aliphatic rings. The van der Waals surface area contributed by atoms with E-state index in [1.807, 2.05) is 25.1 Å². The fourth-order valence-electron chi connectivity index (χ4n) is 6.73. The fraction of sp³-hybridized carbons (Fsp3) is 0.395. The van der Waals surface area contributed by atoms with Gasteiger partial charge in [-0.25, -0.2) is 14.4 Å². The van der Waals surface area contributed by atoms with Crippen LogP contribution < -0.4 is 14.2 Å². The predicted molar refractivity (Wildman–Crippen MR) is 198 cm³/mol. The van der Waals surface area contributed by atoms with Crippen molar-refractivity contribution in [1.82, 2.24) is 0 Å². The molecule has 0 amide bonds. The smallest absolute Gasteiger partial charge is 0.343 e. The number of fused-ring (bicyclic) bond motifs is 3. The summed E-state index contributed by atoms with van der Waals surface area (Å²) in [5, 5.41) is 0. The number of ether oxygens (including phenoxy) is 5. The van der Waals surface area contributed by atoms with Crippen LogP contribution in [0, 0.1) is 0 Å². The predicted octanol–water partition coefficient (Wildman–Crippen LogP) is 9.00. The highest BCUT2D eigenvalue weighted by atomic mass is 16.6. The van der Waals surface area contributed by atoms with E-state index in [4.69, 9.17) is 23.7 Å². The lowest BCUT2D eigenvalue weighted by Crippen LogP contribution is -2.22. The second-order valence-corrected chi connectivity index (χ2v) is 13.3. The molecule has 5 rings (SSSR count). The second kappa shape index (κ2) is 18.4. The van der Waals surface area contributed by atoms with E-state index < -0.39 is 23.9 Å². The largest absolute Gasteiger partial charge is 0.494 e. The zero-order chi connectivity index (χ0) is 37.0. The summed E-state index contributed by atoms with van der Waals surface area (Å²) >= 11 is 0. The summed E-state index contributed by atoms with van der Waals surface area (Å²) < 4.78 is 27.9. The number of esters is 4. The molecule has 0 aliphatic heterocycles. The molecule has 1 fully saturated rings. The average molecular weight is 709 g/mol. The number of hydrogen-bond acceptors (Lipinski definition) is 9. The highest BCUT2D eigenvalue weighted by molar-refractivity contribution is 5.94. The molecule has 3 aromatic rings. The SMILES string of the molecule is C=CC(=O)Oc1ccc(C(=O)Oc2ccc3c(c2)C(C)c2cc(OCCCCCCOC(=O)C(=C)CC(=O)OC4CCCCC4)ccc2-3)c(CC)c1. The van der Waals surface area contributed by atoms with Gasteiger partial charge in [0.15, 0.2) is 0 Å². The van der Waals surface area contributed by atoms with E-state index in [2.05, 4.69) is 32.2 Å². The summed E-state index contributed by atoms with van der Waals surface area (Å²) in [5.74, 6) is -0.319.